The smallest absolute Gasteiger partial charge is 0.232 e. The molecule has 1 aromatic carbocycles. The maximum Gasteiger partial charge on any atom is 0.232 e. The van der Waals surface area contributed by atoms with Gasteiger partial charge >= 0.3 is 0 Å². The Morgan fingerprint density at radius 1 is 1.15 bits per heavy atom. The predicted octanol–water partition coefficient (Wildman–Crippen LogP) is 3.06. The highest BCUT2D eigenvalue weighted by Crippen LogP contribution is 2.30. The van der Waals surface area contributed by atoms with E-state index in [1.807, 2.05) is 18.2 Å². The summed E-state index contributed by atoms with van der Waals surface area (Å²) >= 11 is 0. The second-order valence-electron chi connectivity index (χ2n) is 6.63. The summed E-state index contributed by atoms with van der Waals surface area (Å²) in [5.41, 5.74) is 9.32. The standard InChI is InChI=1S/C19H16N6O2/c20-17-14(18-22-24-25-23-18)9-13-16(26)12-8-11(10-4-2-1-3-5-10)6-7-15(12)27-19(13)21-17/h4,6-9H,1-3,5H2,(H2,20,21)(H,22,23,24,25). The number of benzene rings is 1. The van der Waals surface area contributed by atoms with Crippen LogP contribution in [0.2, 0.25) is 0 Å². The zero-order valence-electron chi connectivity index (χ0n) is 14.4. The van der Waals surface area contributed by atoms with Gasteiger partial charge in [0.1, 0.15) is 11.4 Å². The predicted molar refractivity (Wildman–Crippen MR) is 102 cm³/mol. The fourth-order valence-electron chi connectivity index (χ4n) is 3.55. The lowest BCUT2D eigenvalue weighted by Crippen LogP contribution is -2.06. The first-order chi connectivity index (χ1) is 13.2. The van der Waals surface area contributed by atoms with Gasteiger partial charge in [0.25, 0.3) is 0 Å². The highest BCUT2D eigenvalue weighted by molar-refractivity contribution is 5.93. The van der Waals surface area contributed by atoms with Gasteiger partial charge in [0, 0.05) is 0 Å². The molecule has 27 heavy (non-hydrogen) atoms. The molecular weight excluding hydrogens is 344 g/mol. The van der Waals surface area contributed by atoms with Gasteiger partial charge in [-0.05, 0) is 60.2 Å². The first kappa shape index (κ1) is 15.7. The number of tetrazole rings is 1. The Hall–Kier alpha value is -3.55. The molecule has 3 aromatic heterocycles. The molecule has 1 aliphatic rings. The number of fused-ring (bicyclic) bond motifs is 2. The van der Waals surface area contributed by atoms with Crippen molar-refractivity contribution in [3.8, 4) is 11.4 Å². The van der Waals surface area contributed by atoms with E-state index in [1.165, 1.54) is 18.4 Å². The number of allylic oxidation sites excluding steroid dienone is 2. The number of hydrogen-bond acceptors (Lipinski definition) is 7. The van der Waals surface area contributed by atoms with Crippen LogP contribution in [0.4, 0.5) is 5.82 Å². The number of nitrogens with one attached hydrogen (secondary N) is 1. The third-order valence-corrected chi connectivity index (χ3v) is 4.94. The monoisotopic (exact) mass is 360 g/mol. The summed E-state index contributed by atoms with van der Waals surface area (Å²) in [7, 11) is 0. The summed E-state index contributed by atoms with van der Waals surface area (Å²) in [6, 6.07) is 7.33. The van der Waals surface area contributed by atoms with Gasteiger partial charge in [0.15, 0.2) is 0 Å². The molecule has 8 nitrogen and oxygen atoms in total. The Morgan fingerprint density at radius 2 is 2.07 bits per heavy atom. The first-order valence-electron chi connectivity index (χ1n) is 8.81. The zero-order valence-corrected chi connectivity index (χ0v) is 14.4. The molecule has 3 heterocycles. The van der Waals surface area contributed by atoms with Crippen molar-refractivity contribution >= 4 is 33.5 Å². The van der Waals surface area contributed by atoms with E-state index in [4.69, 9.17) is 10.2 Å². The quantitative estimate of drug-likeness (QED) is 0.526. The molecule has 134 valence electrons. The van der Waals surface area contributed by atoms with Crippen LogP contribution in [0.1, 0.15) is 31.2 Å². The molecule has 0 atom stereocenters. The molecule has 4 aromatic rings. The van der Waals surface area contributed by atoms with Crippen molar-refractivity contribution in [1.29, 1.82) is 0 Å². The van der Waals surface area contributed by atoms with Gasteiger partial charge in [-0.2, -0.15) is 10.2 Å². The number of H-pyrrole nitrogens is 1. The zero-order chi connectivity index (χ0) is 18.4. The van der Waals surface area contributed by atoms with E-state index in [0.29, 0.717) is 21.9 Å². The number of rotatable bonds is 2. The molecular formula is C19H16N6O2. The minimum Gasteiger partial charge on any atom is -0.437 e. The highest BCUT2D eigenvalue weighted by atomic mass is 16.3. The largest absolute Gasteiger partial charge is 0.437 e. The number of anilines is 1. The number of nitrogens with zero attached hydrogens (tertiary/aromatic N) is 4. The van der Waals surface area contributed by atoms with Crippen molar-refractivity contribution in [3.63, 3.8) is 0 Å². The second kappa shape index (κ2) is 6.01. The van der Waals surface area contributed by atoms with Crippen molar-refractivity contribution in [3.05, 3.63) is 46.1 Å². The van der Waals surface area contributed by atoms with E-state index in [1.54, 1.807) is 6.07 Å². The summed E-state index contributed by atoms with van der Waals surface area (Å²) in [5.74, 6) is 0.456. The molecule has 1 aliphatic carbocycles. The molecule has 0 saturated carbocycles. The van der Waals surface area contributed by atoms with Crippen molar-refractivity contribution in [2.24, 2.45) is 0 Å². The van der Waals surface area contributed by atoms with Gasteiger partial charge in [0.05, 0.1) is 16.3 Å². The van der Waals surface area contributed by atoms with Gasteiger partial charge in [-0.1, -0.05) is 12.1 Å². The van der Waals surface area contributed by atoms with Gasteiger partial charge in [-0.3, -0.25) is 4.79 Å². The van der Waals surface area contributed by atoms with Crippen molar-refractivity contribution in [2.75, 3.05) is 5.73 Å². The lowest BCUT2D eigenvalue weighted by Gasteiger charge is -2.13. The third-order valence-electron chi connectivity index (χ3n) is 4.94. The lowest BCUT2D eigenvalue weighted by molar-refractivity contribution is 0.645. The molecule has 0 amide bonds. The molecule has 3 N–H and O–H groups in total. The van der Waals surface area contributed by atoms with Crippen LogP contribution in [-0.2, 0) is 0 Å². The minimum absolute atomic E-state index is 0.151. The van der Waals surface area contributed by atoms with Gasteiger partial charge < -0.3 is 10.2 Å². The molecule has 0 saturated heterocycles. The van der Waals surface area contributed by atoms with Crippen molar-refractivity contribution in [2.45, 2.75) is 25.7 Å². The minimum atomic E-state index is -0.151. The van der Waals surface area contributed by atoms with Crippen LogP contribution in [0, 0.1) is 0 Å². The van der Waals surface area contributed by atoms with E-state index in [2.05, 4.69) is 31.7 Å². The number of nitrogens with two attached hydrogens (primary N) is 1. The molecule has 0 unspecified atom stereocenters. The first-order valence-corrected chi connectivity index (χ1v) is 8.81. The topological polar surface area (TPSA) is 124 Å². The Morgan fingerprint density at radius 3 is 2.85 bits per heavy atom. The number of aromatic nitrogens is 5. The third kappa shape index (κ3) is 2.57. The normalized spacial score (nSPS) is 14.6. The average Bonchev–Trinajstić information content (AvgIpc) is 3.23. The van der Waals surface area contributed by atoms with Gasteiger partial charge in [-0.25, -0.2) is 0 Å². The highest BCUT2D eigenvalue weighted by Gasteiger charge is 2.16. The van der Waals surface area contributed by atoms with Crippen LogP contribution in [-0.4, -0.2) is 25.6 Å². The molecule has 8 heteroatoms. The molecule has 0 aliphatic heterocycles. The van der Waals surface area contributed by atoms with E-state index >= 15 is 0 Å². The SMILES string of the molecule is Nc1nc2oc3ccc(C4=CCCCC4)cc3c(=O)c2cc1-c1nn[nH]n1. The summed E-state index contributed by atoms with van der Waals surface area (Å²) in [4.78, 5) is 17.4. The Kier molecular flexibility index (Phi) is 3.49. The van der Waals surface area contributed by atoms with E-state index < -0.39 is 0 Å². The molecule has 5 rings (SSSR count). The summed E-state index contributed by atoms with van der Waals surface area (Å²) < 4.78 is 5.85. The summed E-state index contributed by atoms with van der Waals surface area (Å²) in [5, 5.41) is 14.6. The molecule has 0 radical (unpaired) electrons. The van der Waals surface area contributed by atoms with E-state index in [-0.39, 0.29) is 22.8 Å². The number of pyridine rings is 1. The fraction of sp³-hybridized carbons (Fsp3) is 0.211. The maximum absolute atomic E-state index is 13.1. The maximum atomic E-state index is 13.1. The van der Waals surface area contributed by atoms with Crippen molar-refractivity contribution in [1.82, 2.24) is 25.6 Å². The second-order valence-corrected chi connectivity index (χ2v) is 6.63. The molecule has 0 spiro atoms. The van der Waals surface area contributed by atoms with Crippen LogP contribution < -0.4 is 11.2 Å². The van der Waals surface area contributed by atoms with Crippen LogP contribution in [0.15, 0.2) is 39.6 Å². The average molecular weight is 360 g/mol. The molecule has 0 bridgehead atoms. The van der Waals surface area contributed by atoms with Gasteiger partial charge in [0.2, 0.25) is 17.0 Å². The lowest BCUT2D eigenvalue weighted by atomic mass is 9.93. The Labute approximate surface area is 153 Å². The summed E-state index contributed by atoms with van der Waals surface area (Å²) in [6.45, 7) is 0. The van der Waals surface area contributed by atoms with E-state index in [9.17, 15) is 4.79 Å². The van der Waals surface area contributed by atoms with Crippen LogP contribution in [0.5, 0.6) is 0 Å². The number of aromatic amines is 1. The fourth-order valence-corrected chi connectivity index (χ4v) is 3.55. The Balaban J connectivity index is 1.75. The molecule has 0 fully saturated rings. The van der Waals surface area contributed by atoms with E-state index in [0.717, 1.165) is 18.4 Å². The number of hydrogen-bond donors (Lipinski definition) is 2. The van der Waals surface area contributed by atoms with Gasteiger partial charge in [-0.15, -0.1) is 10.2 Å². The van der Waals surface area contributed by atoms with Crippen LogP contribution >= 0.6 is 0 Å². The number of nitrogen functional groups attached to an aromatic ring is 1. The van der Waals surface area contributed by atoms with Crippen LogP contribution in [0.25, 0.3) is 39.0 Å². The van der Waals surface area contributed by atoms with Crippen molar-refractivity contribution < 1.29 is 4.42 Å². The summed E-state index contributed by atoms with van der Waals surface area (Å²) in [6.07, 6.45) is 6.76. The Bertz CT molecular complexity index is 1260. The van der Waals surface area contributed by atoms with Crippen LogP contribution in [0.3, 0.4) is 0 Å².